The Labute approximate surface area is 167 Å². The SMILES string of the molecule is CC(C(=O)NCc1cccnc1N1CCN(C)CC1)N1CCc2ccccc21. The van der Waals surface area contributed by atoms with Crippen LogP contribution in [0.15, 0.2) is 42.6 Å². The Balaban J connectivity index is 1.40. The van der Waals surface area contributed by atoms with E-state index in [1.807, 2.05) is 25.3 Å². The highest BCUT2D eigenvalue weighted by molar-refractivity contribution is 5.85. The van der Waals surface area contributed by atoms with Crippen LogP contribution < -0.4 is 15.1 Å². The van der Waals surface area contributed by atoms with Crippen LogP contribution in [0.25, 0.3) is 0 Å². The molecule has 1 amide bonds. The van der Waals surface area contributed by atoms with Gasteiger partial charge in [-0.1, -0.05) is 24.3 Å². The summed E-state index contributed by atoms with van der Waals surface area (Å²) < 4.78 is 0. The molecule has 1 fully saturated rings. The molecule has 1 saturated heterocycles. The second-order valence-corrected chi connectivity index (χ2v) is 7.74. The molecule has 28 heavy (non-hydrogen) atoms. The van der Waals surface area contributed by atoms with Crippen molar-refractivity contribution in [3.63, 3.8) is 0 Å². The molecule has 0 saturated carbocycles. The maximum Gasteiger partial charge on any atom is 0.242 e. The fourth-order valence-electron chi connectivity index (χ4n) is 4.11. The average Bonchev–Trinajstić information content (AvgIpc) is 3.16. The van der Waals surface area contributed by atoms with Crippen molar-refractivity contribution in [1.82, 2.24) is 15.2 Å². The summed E-state index contributed by atoms with van der Waals surface area (Å²) in [5, 5.41) is 3.14. The van der Waals surface area contributed by atoms with E-state index in [1.165, 1.54) is 11.3 Å². The third-order valence-corrected chi connectivity index (χ3v) is 5.89. The van der Waals surface area contributed by atoms with Crippen molar-refractivity contribution in [2.75, 3.05) is 49.6 Å². The van der Waals surface area contributed by atoms with E-state index in [9.17, 15) is 4.79 Å². The molecule has 1 unspecified atom stereocenters. The second kappa shape index (κ2) is 8.19. The summed E-state index contributed by atoms with van der Waals surface area (Å²) in [7, 11) is 2.15. The molecular formula is C22H29N5O. The molecule has 0 bridgehead atoms. The van der Waals surface area contributed by atoms with Gasteiger partial charge in [0.15, 0.2) is 0 Å². The van der Waals surface area contributed by atoms with Gasteiger partial charge >= 0.3 is 0 Å². The molecule has 0 radical (unpaired) electrons. The molecule has 2 aliphatic heterocycles. The van der Waals surface area contributed by atoms with Gasteiger partial charge in [0.25, 0.3) is 0 Å². The van der Waals surface area contributed by atoms with E-state index in [0.29, 0.717) is 6.54 Å². The van der Waals surface area contributed by atoms with E-state index in [0.717, 1.165) is 50.5 Å². The lowest BCUT2D eigenvalue weighted by Gasteiger charge is -2.34. The number of hydrogen-bond acceptors (Lipinski definition) is 5. The van der Waals surface area contributed by atoms with E-state index in [2.05, 4.69) is 56.3 Å². The molecule has 0 aliphatic carbocycles. The summed E-state index contributed by atoms with van der Waals surface area (Å²) in [6, 6.07) is 12.2. The molecule has 6 nitrogen and oxygen atoms in total. The van der Waals surface area contributed by atoms with Crippen molar-refractivity contribution >= 4 is 17.4 Å². The smallest absolute Gasteiger partial charge is 0.242 e. The Kier molecular flexibility index (Phi) is 5.48. The number of pyridine rings is 1. The fourth-order valence-corrected chi connectivity index (χ4v) is 4.11. The number of fused-ring (bicyclic) bond motifs is 1. The predicted molar refractivity (Wildman–Crippen MR) is 113 cm³/mol. The number of rotatable bonds is 5. The van der Waals surface area contributed by atoms with Crippen molar-refractivity contribution in [3.8, 4) is 0 Å². The first-order chi connectivity index (χ1) is 13.6. The molecule has 1 N–H and O–H groups in total. The molecule has 2 aromatic rings. The summed E-state index contributed by atoms with van der Waals surface area (Å²) in [4.78, 5) is 24.3. The van der Waals surface area contributed by atoms with Gasteiger partial charge in [0.05, 0.1) is 0 Å². The standard InChI is InChI=1S/C22H29N5O/c1-17(27-11-9-18-6-3-4-8-20(18)27)22(28)24-16-19-7-5-10-23-21(19)26-14-12-25(2)13-15-26/h3-8,10,17H,9,11-16H2,1-2H3,(H,24,28). The number of hydrogen-bond donors (Lipinski definition) is 1. The lowest BCUT2D eigenvalue weighted by molar-refractivity contribution is -0.122. The lowest BCUT2D eigenvalue weighted by atomic mass is 10.1. The van der Waals surface area contributed by atoms with Gasteiger partial charge in [0.2, 0.25) is 5.91 Å². The van der Waals surface area contributed by atoms with Crippen LogP contribution in [0.2, 0.25) is 0 Å². The topological polar surface area (TPSA) is 51.7 Å². The number of para-hydroxylation sites is 1. The summed E-state index contributed by atoms with van der Waals surface area (Å²) in [5.74, 6) is 1.06. The van der Waals surface area contributed by atoms with Gasteiger partial charge in [-0.2, -0.15) is 0 Å². The number of amides is 1. The number of benzene rings is 1. The zero-order valence-electron chi connectivity index (χ0n) is 16.8. The Morgan fingerprint density at radius 3 is 2.71 bits per heavy atom. The molecule has 0 spiro atoms. The highest BCUT2D eigenvalue weighted by Gasteiger charge is 2.27. The van der Waals surface area contributed by atoms with Crippen LogP contribution in [0.5, 0.6) is 0 Å². The monoisotopic (exact) mass is 379 g/mol. The Morgan fingerprint density at radius 2 is 1.89 bits per heavy atom. The van der Waals surface area contributed by atoms with Crippen LogP contribution >= 0.6 is 0 Å². The summed E-state index contributed by atoms with van der Waals surface area (Å²) in [6.45, 7) is 7.40. The number of carbonyl (C=O) groups is 1. The zero-order valence-corrected chi connectivity index (χ0v) is 16.8. The molecule has 1 aromatic heterocycles. The van der Waals surface area contributed by atoms with Gasteiger partial charge < -0.3 is 20.0 Å². The number of anilines is 2. The number of piperazine rings is 1. The van der Waals surface area contributed by atoms with Gasteiger partial charge in [-0.05, 0) is 38.1 Å². The van der Waals surface area contributed by atoms with Gasteiger partial charge in [-0.15, -0.1) is 0 Å². The predicted octanol–water partition coefficient (Wildman–Crippen LogP) is 1.90. The normalized spacial score (nSPS) is 18.1. The minimum absolute atomic E-state index is 0.0601. The van der Waals surface area contributed by atoms with E-state index >= 15 is 0 Å². The van der Waals surface area contributed by atoms with Crippen LogP contribution in [-0.4, -0.2) is 61.6 Å². The van der Waals surface area contributed by atoms with Crippen molar-refractivity contribution in [3.05, 3.63) is 53.7 Å². The fraction of sp³-hybridized carbons (Fsp3) is 0.455. The number of likely N-dealkylation sites (N-methyl/N-ethyl adjacent to an activating group) is 1. The third-order valence-electron chi connectivity index (χ3n) is 5.89. The van der Waals surface area contributed by atoms with Crippen molar-refractivity contribution in [2.24, 2.45) is 0 Å². The first kappa shape index (κ1) is 18.7. The first-order valence-corrected chi connectivity index (χ1v) is 10.1. The molecule has 6 heteroatoms. The maximum absolute atomic E-state index is 12.9. The lowest BCUT2D eigenvalue weighted by Crippen LogP contribution is -2.46. The first-order valence-electron chi connectivity index (χ1n) is 10.1. The Bertz CT molecular complexity index is 831. The van der Waals surface area contributed by atoms with Crippen LogP contribution in [0, 0.1) is 0 Å². The van der Waals surface area contributed by atoms with E-state index in [1.54, 1.807) is 0 Å². The molecule has 3 heterocycles. The van der Waals surface area contributed by atoms with Gasteiger partial charge in [0, 0.05) is 56.7 Å². The molecule has 4 rings (SSSR count). The molecule has 1 aromatic carbocycles. The van der Waals surface area contributed by atoms with Crippen LogP contribution in [0.4, 0.5) is 11.5 Å². The van der Waals surface area contributed by atoms with Gasteiger partial charge in [0.1, 0.15) is 11.9 Å². The van der Waals surface area contributed by atoms with Crippen molar-refractivity contribution in [2.45, 2.75) is 25.9 Å². The third kappa shape index (κ3) is 3.83. The highest BCUT2D eigenvalue weighted by atomic mass is 16.2. The molecule has 1 atom stereocenters. The van der Waals surface area contributed by atoms with Crippen molar-refractivity contribution < 1.29 is 4.79 Å². The molecular weight excluding hydrogens is 350 g/mol. The quantitative estimate of drug-likeness (QED) is 0.860. The van der Waals surface area contributed by atoms with Crippen LogP contribution in [0.1, 0.15) is 18.1 Å². The minimum atomic E-state index is -0.188. The van der Waals surface area contributed by atoms with E-state index < -0.39 is 0 Å². The van der Waals surface area contributed by atoms with Crippen molar-refractivity contribution in [1.29, 1.82) is 0 Å². The Hall–Kier alpha value is -2.60. The van der Waals surface area contributed by atoms with Crippen LogP contribution in [-0.2, 0) is 17.8 Å². The number of aromatic nitrogens is 1. The molecule has 2 aliphatic rings. The number of nitrogens with zero attached hydrogens (tertiary/aromatic N) is 4. The summed E-state index contributed by atoms with van der Waals surface area (Å²) >= 11 is 0. The highest BCUT2D eigenvalue weighted by Crippen LogP contribution is 2.29. The summed E-state index contributed by atoms with van der Waals surface area (Å²) in [5.41, 5.74) is 3.59. The number of carbonyl (C=O) groups excluding carboxylic acids is 1. The summed E-state index contributed by atoms with van der Waals surface area (Å²) in [6.07, 6.45) is 2.84. The Morgan fingerprint density at radius 1 is 1.11 bits per heavy atom. The van der Waals surface area contributed by atoms with Gasteiger partial charge in [-0.25, -0.2) is 4.98 Å². The second-order valence-electron chi connectivity index (χ2n) is 7.74. The average molecular weight is 380 g/mol. The largest absolute Gasteiger partial charge is 0.359 e. The van der Waals surface area contributed by atoms with E-state index in [-0.39, 0.29) is 11.9 Å². The maximum atomic E-state index is 12.9. The zero-order chi connectivity index (χ0) is 19.5. The van der Waals surface area contributed by atoms with E-state index in [4.69, 9.17) is 0 Å². The van der Waals surface area contributed by atoms with Crippen LogP contribution in [0.3, 0.4) is 0 Å². The van der Waals surface area contributed by atoms with Gasteiger partial charge in [-0.3, -0.25) is 4.79 Å². The number of nitrogens with one attached hydrogen (secondary N) is 1. The molecule has 148 valence electrons. The minimum Gasteiger partial charge on any atom is -0.359 e.